The van der Waals surface area contributed by atoms with Crippen LogP contribution in [0.25, 0.3) is 0 Å². The van der Waals surface area contributed by atoms with Crippen molar-refractivity contribution in [2.75, 3.05) is 20.1 Å². The van der Waals surface area contributed by atoms with Crippen LogP contribution in [-0.2, 0) is 32.2 Å². The first-order chi connectivity index (χ1) is 23.2. The maximum atomic E-state index is 14.4. The molecule has 0 saturated carbocycles. The molecule has 0 spiro atoms. The van der Waals surface area contributed by atoms with Crippen molar-refractivity contribution in [1.29, 1.82) is 0 Å². The molecule has 4 rings (SSSR count). The number of hydrogen-bond donors (Lipinski definition) is 3. The lowest BCUT2D eigenvalue weighted by Crippen LogP contribution is -2.60. The Morgan fingerprint density at radius 1 is 0.898 bits per heavy atom. The van der Waals surface area contributed by atoms with Crippen LogP contribution in [-0.4, -0.2) is 101 Å². The van der Waals surface area contributed by atoms with Crippen molar-refractivity contribution in [2.45, 2.75) is 97.4 Å². The molecule has 0 radical (unpaired) electrons. The number of ether oxygens (including phenoxy) is 2. The van der Waals surface area contributed by atoms with Crippen LogP contribution in [0.1, 0.15) is 59.1 Å². The van der Waals surface area contributed by atoms with Crippen LogP contribution in [0.3, 0.4) is 0 Å². The average molecular weight is 679 g/mol. The highest BCUT2D eigenvalue weighted by Crippen LogP contribution is 2.36. The van der Waals surface area contributed by atoms with Crippen LogP contribution in [0, 0.1) is 5.41 Å². The van der Waals surface area contributed by atoms with Crippen LogP contribution < -0.4 is 16.0 Å². The average Bonchev–Trinajstić information content (AvgIpc) is 3.65. The second-order valence-corrected chi connectivity index (χ2v) is 14.1. The SMILES string of the molecule is CC(C)NC(=O)N1C[C@H](OC(=O)NCc2ccccc2)[C@@H]2[C@H]1CCN2C(=O)C(NC(=O)[C@H](C)N(C)C(=O)OCc1ccccc1)C(C)(C)C. The lowest BCUT2D eigenvalue weighted by molar-refractivity contribution is -0.142. The molecule has 1 unspecified atom stereocenters. The molecule has 49 heavy (non-hydrogen) atoms. The van der Waals surface area contributed by atoms with E-state index in [-0.39, 0.29) is 37.7 Å². The summed E-state index contributed by atoms with van der Waals surface area (Å²) in [6.45, 7) is 11.5. The number of fused-ring (bicyclic) bond motifs is 1. The Hall–Kier alpha value is -4.81. The Morgan fingerprint density at radius 2 is 1.51 bits per heavy atom. The molecule has 2 aromatic carbocycles. The second kappa shape index (κ2) is 16.1. The zero-order valence-electron chi connectivity index (χ0n) is 29.5. The number of likely N-dealkylation sites (tertiary alicyclic amines) is 2. The van der Waals surface area contributed by atoms with Crippen molar-refractivity contribution in [3.8, 4) is 0 Å². The molecule has 13 nitrogen and oxygen atoms in total. The molecule has 2 aromatic rings. The summed E-state index contributed by atoms with van der Waals surface area (Å²) in [5.74, 6) is -0.889. The fourth-order valence-corrected chi connectivity index (χ4v) is 6.13. The third kappa shape index (κ3) is 9.42. The van der Waals surface area contributed by atoms with E-state index in [0.717, 1.165) is 11.1 Å². The Morgan fingerprint density at radius 3 is 2.10 bits per heavy atom. The van der Waals surface area contributed by atoms with Crippen LogP contribution in [0.15, 0.2) is 60.7 Å². The van der Waals surface area contributed by atoms with Gasteiger partial charge in [0.25, 0.3) is 0 Å². The predicted molar refractivity (Wildman–Crippen MR) is 183 cm³/mol. The number of nitrogens with zero attached hydrogens (tertiary/aromatic N) is 3. The Labute approximate surface area is 288 Å². The van der Waals surface area contributed by atoms with E-state index in [4.69, 9.17) is 9.47 Å². The summed E-state index contributed by atoms with van der Waals surface area (Å²) in [5, 5.41) is 8.56. The smallest absolute Gasteiger partial charge is 0.410 e. The fourth-order valence-electron chi connectivity index (χ4n) is 6.13. The molecule has 6 amide bonds. The van der Waals surface area contributed by atoms with Gasteiger partial charge in [0.2, 0.25) is 11.8 Å². The first-order valence-corrected chi connectivity index (χ1v) is 16.8. The molecule has 0 aliphatic carbocycles. The number of benzene rings is 2. The summed E-state index contributed by atoms with van der Waals surface area (Å²) < 4.78 is 11.3. The highest BCUT2D eigenvalue weighted by Gasteiger charge is 2.55. The van der Waals surface area contributed by atoms with Gasteiger partial charge in [-0.15, -0.1) is 0 Å². The lowest BCUT2D eigenvalue weighted by Gasteiger charge is -2.37. The van der Waals surface area contributed by atoms with E-state index >= 15 is 0 Å². The Balaban J connectivity index is 1.48. The molecule has 0 aromatic heterocycles. The highest BCUT2D eigenvalue weighted by atomic mass is 16.6. The standard InChI is InChI=1S/C36H50N6O7/c1-23(2)38-33(45)42-21-28(49-34(46)37-20-25-14-10-8-11-15-25)29-27(42)18-19-41(29)32(44)30(36(4,5)6)39-31(43)24(3)40(7)35(47)48-22-26-16-12-9-13-17-26/h8-17,23-24,27-30H,18-22H2,1-7H3,(H,37,46)(H,38,45)(H,39,43)/t24-,27+,28-,29-,30?/m0/s1. The van der Waals surface area contributed by atoms with Crippen molar-refractivity contribution in [3.63, 3.8) is 0 Å². The summed E-state index contributed by atoms with van der Waals surface area (Å²) in [7, 11) is 1.47. The van der Waals surface area contributed by atoms with Crippen molar-refractivity contribution in [2.24, 2.45) is 5.41 Å². The minimum atomic E-state index is -0.985. The first kappa shape index (κ1) is 37.0. The molecule has 5 atom stereocenters. The van der Waals surface area contributed by atoms with E-state index in [1.54, 1.807) is 16.7 Å². The maximum absolute atomic E-state index is 14.4. The largest absolute Gasteiger partial charge is 0.445 e. The number of carbonyl (C=O) groups is 5. The van der Waals surface area contributed by atoms with E-state index < -0.39 is 53.8 Å². The molecule has 13 heteroatoms. The molecular formula is C36H50N6O7. The molecule has 2 fully saturated rings. The molecule has 266 valence electrons. The van der Waals surface area contributed by atoms with Crippen LogP contribution in [0.2, 0.25) is 0 Å². The van der Waals surface area contributed by atoms with Gasteiger partial charge >= 0.3 is 18.2 Å². The maximum Gasteiger partial charge on any atom is 0.410 e. The van der Waals surface area contributed by atoms with Crippen molar-refractivity contribution in [3.05, 3.63) is 71.8 Å². The van der Waals surface area contributed by atoms with E-state index in [9.17, 15) is 24.0 Å². The molecule has 2 saturated heterocycles. The molecule has 3 N–H and O–H groups in total. The third-order valence-electron chi connectivity index (χ3n) is 8.93. The molecular weight excluding hydrogens is 628 g/mol. The van der Waals surface area contributed by atoms with Gasteiger partial charge in [0, 0.05) is 26.2 Å². The summed E-state index contributed by atoms with van der Waals surface area (Å²) in [5.41, 5.74) is 0.979. The van der Waals surface area contributed by atoms with E-state index in [1.807, 2.05) is 95.3 Å². The summed E-state index contributed by atoms with van der Waals surface area (Å²) in [6.07, 6.45) is -1.66. The van der Waals surface area contributed by atoms with Gasteiger partial charge in [-0.25, -0.2) is 14.4 Å². The number of likely N-dealkylation sites (N-methyl/N-ethyl adjacent to an activating group) is 1. The van der Waals surface area contributed by atoms with Gasteiger partial charge in [0.05, 0.1) is 18.6 Å². The fraction of sp³-hybridized carbons (Fsp3) is 0.528. The second-order valence-electron chi connectivity index (χ2n) is 14.1. The van der Waals surface area contributed by atoms with E-state index in [2.05, 4.69) is 16.0 Å². The van der Waals surface area contributed by atoms with Gasteiger partial charge < -0.3 is 35.2 Å². The van der Waals surface area contributed by atoms with Crippen LogP contribution in [0.5, 0.6) is 0 Å². The van der Waals surface area contributed by atoms with Crippen molar-refractivity contribution in [1.82, 2.24) is 30.7 Å². The number of hydrogen-bond acceptors (Lipinski definition) is 7. The zero-order valence-corrected chi connectivity index (χ0v) is 29.5. The van der Waals surface area contributed by atoms with Crippen LogP contribution in [0.4, 0.5) is 14.4 Å². The summed E-state index contributed by atoms with van der Waals surface area (Å²) in [4.78, 5) is 71.4. The number of rotatable bonds is 10. The topological polar surface area (TPSA) is 150 Å². The van der Waals surface area contributed by atoms with Crippen molar-refractivity contribution >= 4 is 30.0 Å². The summed E-state index contributed by atoms with van der Waals surface area (Å²) >= 11 is 0. The van der Waals surface area contributed by atoms with Crippen molar-refractivity contribution < 1.29 is 33.4 Å². The zero-order chi connectivity index (χ0) is 35.9. The van der Waals surface area contributed by atoms with Gasteiger partial charge in [-0.3, -0.25) is 14.5 Å². The van der Waals surface area contributed by atoms with Gasteiger partial charge in [-0.05, 0) is 43.7 Å². The van der Waals surface area contributed by atoms with E-state index in [0.29, 0.717) is 13.0 Å². The lowest BCUT2D eigenvalue weighted by atomic mass is 9.85. The first-order valence-electron chi connectivity index (χ1n) is 16.8. The normalized spacial score (nSPS) is 19.8. The number of nitrogens with one attached hydrogen (secondary N) is 3. The molecule has 2 aliphatic heterocycles. The monoisotopic (exact) mass is 678 g/mol. The van der Waals surface area contributed by atoms with E-state index in [1.165, 1.54) is 11.9 Å². The minimum Gasteiger partial charge on any atom is -0.445 e. The predicted octanol–water partition coefficient (Wildman–Crippen LogP) is 3.87. The number of carbonyl (C=O) groups excluding carboxylic acids is 5. The van der Waals surface area contributed by atoms with Gasteiger partial charge in [-0.1, -0.05) is 81.4 Å². The molecule has 2 heterocycles. The van der Waals surface area contributed by atoms with Crippen LogP contribution >= 0.6 is 0 Å². The number of amides is 6. The minimum absolute atomic E-state index is 0.0543. The highest BCUT2D eigenvalue weighted by molar-refractivity contribution is 5.92. The molecule has 2 aliphatic rings. The third-order valence-corrected chi connectivity index (χ3v) is 8.93. The number of alkyl carbamates (subject to hydrolysis) is 1. The summed E-state index contributed by atoms with van der Waals surface area (Å²) in [6, 6.07) is 15.2. The molecule has 0 bridgehead atoms. The Bertz CT molecular complexity index is 1470. The number of urea groups is 1. The quantitative estimate of drug-likeness (QED) is 0.346. The Kier molecular flexibility index (Phi) is 12.1. The van der Waals surface area contributed by atoms with Gasteiger partial charge in [0.15, 0.2) is 0 Å². The van der Waals surface area contributed by atoms with Gasteiger partial charge in [-0.2, -0.15) is 0 Å². The van der Waals surface area contributed by atoms with Gasteiger partial charge in [0.1, 0.15) is 24.8 Å².